The number of hydrogen-bond acceptors (Lipinski definition) is 4. The van der Waals surface area contributed by atoms with Gasteiger partial charge in [0.05, 0.1) is 18.7 Å². The van der Waals surface area contributed by atoms with Crippen LogP contribution in [0.3, 0.4) is 0 Å². The molecule has 2 aromatic rings. The first-order chi connectivity index (χ1) is 10.1. The van der Waals surface area contributed by atoms with E-state index in [2.05, 4.69) is 10.3 Å². The number of rotatable bonds is 5. The van der Waals surface area contributed by atoms with Crippen LogP contribution in [-0.2, 0) is 0 Å². The number of pyridine rings is 1. The number of methoxy groups -OCH3 is 1. The van der Waals surface area contributed by atoms with Crippen LogP contribution in [0.15, 0.2) is 30.5 Å². The van der Waals surface area contributed by atoms with Crippen LogP contribution in [0.5, 0.6) is 5.75 Å². The second-order valence-corrected chi connectivity index (χ2v) is 4.83. The maximum absolute atomic E-state index is 14.3. The molecule has 1 unspecified atom stereocenters. The number of benzene rings is 1. The molecule has 1 aromatic heterocycles. The fraction of sp³-hybridized carbons (Fsp3) is 0.312. The second kappa shape index (κ2) is 6.54. The molecule has 5 heteroatoms. The van der Waals surface area contributed by atoms with E-state index in [9.17, 15) is 4.39 Å². The number of halogens is 1. The zero-order valence-electron chi connectivity index (χ0n) is 12.5. The van der Waals surface area contributed by atoms with Gasteiger partial charge in [-0.15, -0.1) is 0 Å². The predicted octanol–water partition coefficient (Wildman–Crippen LogP) is 2.82. The molecule has 3 N–H and O–H groups in total. The van der Waals surface area contributed by atoms with E-state index in [4.69, 9.17) is 10.5 Å². The summed E-state index contributed by atoms with van der Waals surface area (Å²) in [5, 5.41) is 3.26. The van der Waals surface area contributed by atoms with E-state index < -0.39 is 6.04 Å². The molecule has 0 saturated carbocycles. The van der Waals surface area contributed by atoms with E-state index >= 15 is 0 Å². The Morgan fingerprint density at radius 1 is 1.43 bits per heavy atom. The SMILES string of the molecule is CCNC(c1cc(C)cnc1N)c1c(F)cccc1OC. The average Bonchev–Trinajstić information content (AvgIpc) is 2.48. The van der Waals surface area contributed by atoms with Crippen molar-refractivity contribution in [3.63, 3.8) is 0 Å². The van der Waals surface area contributed by atoms with Gasteiger partial charge in [-0.1, -0.05) is 13.0 Å². The van der Waals surface area contributed by atoms with Crippen LogP contribution in [0.4, 0.5) is 10.2 Å². The lowest BCUT2D eigenvalue weighted by atomic mass is 9.96. The lowest BCUT2D eigenvalue weighted by Crippen LogP contribution is -2.25. The first-order valence-corrected chi connectivity index (χ1v) is 6.86. The zero-order chi connectivity index (χ0) is 15.4. The highest BCUT2D eigenvalue weighted by atomic mass is 19.1. The van der Waals surface area contributed by atoms with Gasteiger partial charge in [-0.2, -0.15) is 0 Å². The Morgan fingerprint density at radius 3 is 2.86 bits per heavy atom. The van der Waals surface area contributed by atoms with Crippen LogP contribution >= 0.6 is 0 Å². The molecule has 4 nitrogen and oxygen atoms in total. The number of nitrogens with one attached hydrogen (secondary N) is 1. The number of ether oxygens (including phenoxy) is 1. The van der Waals surface area contributed by atoms with Gasteiger partial charge in [0.1, 0.15) is 17.4 Å². The minimum Gasteiger partial charge on any atom is -0.496 e. The van der Waals surface area contributed by atoms with Crippen molar-refractivity contribution >= 4 is 5.82 Å². The van der Waals surface area contributed by atoms with Crippen molar-refractivity contribution in [2.45, 2.75) is 19.9 Å². The molecule has 0 spiro atoms. The quantitative estimate of drug-likeness (QED) is 0.888. The van der Waals surface area contributed by atoms with Gasteiger partial charge < -0.3 is 15.8 Å². The van der Waals surface area contributed by atoms with Gasteiger partial charge >= 0.3 is 0 Å². The molecule has 0 radical (unpaired) electrons. The van der Waals surface area contributed by atoms with Crippen molar-refractivity contribution in [3.05, 3.63) is 53.0 Å². The Kier molecular flexibility index (Phi) is 4.75. The number of nitrogens with zero attached hydrogens (tertiary/aromatic N) is 1. The molecule has 0 bridgehead atoms. The van der Waals surface area contributed by atoms with Crippen LogP contribution in [0.1, 0.15) is 29.7 Å². The van der Waals surface area contributed by atoms with Gasteiger partial charge in [0.15, 0.2) is 0 Å². The number of hydrogen-bond donors (Lipinski definition) is 2. The third kappa shape index (κ3) is 3.13. The van der Waals surface area contributed by atoms with Gasteiger partial charge in [0.25, 0.3) is 0 Å². The molecular formula is C16H20FN3O. The normalized spacial score (nSPS) is 12.2. The molecule has 0 fully saturated rings. The molecule has 0 aliphatic heterocycles. The summed E-state index contributed by atoms with van der Waals surface area (Å²) in [6, 6.07) is 6.29. The fourth-order valence-corrected chi connectivity index (χ4v) is 2.38. The molecule has 1 atom stereocenters. The van der Waals surface area contributed by atoms with Crippen molar-refractivity contribution in [2.24, 2.45) is 0 Å². The highest BCUT2D eigenvalue weighted by molar-refractivity contribution is 5.50. The summed E-state index contributed by atoms with van der Waals surface area (Å²) in [6.07, 6.45) is 1.69. The van der Waals surface area contributed by atoms with Gasteiger partial charge in [-0.25, -0.2) is 9.37 Å². The molecule has 112 valence electrons. The molecular weight excluding hydrogens is 269 g/mol. The summed E-state index contributed by atoms with van der Waals surface area (Å²) < 4.78 is 19.7. The van der Waals surface area contributed by atoms with E-state index in [0.717, 1.165) is 11.1 Å². The Hall–Kier alpha value is -2.14. The maximum Gasteiger partial charge on any atom is 0.132 e. The van der Waals surface area contributed by atoms with Gasteiger partial charge in [-0.05, 0) is 37.2 Å². The number of anilines is 1. The number of nitrogen functional groups attached to an aromatic ring is 1. The largest absolute Gasteiger partial charge is 0.496 e. The maximum atomic E-state index is 14.3. The van der Waals surface area contributed by atoms with Crippen molar-refractivity contribution in [3.8, 4) is 5.75 Å². The third-order valence-electron chi connectivity index (χ3n) is 3.33. The Morgan fingerprint density at radius 2 is 2.19 bits per heavy atom. The zero-order valence-corrected chi connectivity index (χ0v) is 12.5. The summed E-state index contributed by atoms with van der Waals surface area (Å²) in [5.41, 5.74) is 8.15. The lowest BCUT2D eigenvalue weighted by molar-refractivity contribution is 0.397. The van der Waals surface area contributed by atoms with E-state index in [-0.39, 0.29) is 5.82 Å². The Balaban J connectivity index is 2.61. The van der Waals surface area contributed by atoms with Crippen molar-refractivity contribution in [1.82, 2.24) is 10.3 Å². The van der Waals surface area contributed by atoms with E-state index in [1.54, 1.807) is 18.3 Å². The van der Waals surface area contributed by atoms with Crippen LogP contribution in [0.25, 0.3) is 0 Å². The molecule has 1 heterocycles. The van der Waals surface area contributed by atoms with Gasteiger partial charge in [0.2, 0.25) is 0 Å². The van der Waals surface area contributed by atoms with Crippen molar-refractivity contribution in [1.29, 1.82) is 0 Å². The van der Waals surface area contributed by atoms with E-state index in [0.29, 0.717) is 23.7 Å². The number of aromatic nitrogens is 1. The third-order valence-corrected chi connectivity index (χ3v) is 3.33. The number of aryl methyl sites for hydroxylation is 1. The van der Waals surface area contributed by atoms with Crippen LogP contribution in [0.2, 0.25) is 0 Å². The van der Waals surface area contributed by atoms with Crippen molar-refractivity contribution in [2.75, 3.05) is 19.4 Å². The van der Waals surface area contributed by atoms with Crippen LogP contribution in [0, 0.1) is 12.7 Å². The summed E-state index contributed by atoms with van der Waals surface area (Å²) in [6.45, 7) is 4.55. The summed E-state index contributed by atoms with van der Waals surface area (Å²) in [7, 11) is 1.53. The molecule has 1 aromatic carbocycles. The molecule has 21 heavy (non-hydrogen) atoms. The Labute approximate surface area is 124 Å². The summed E-state index contributed by atoms with van der Waals surface area (Å²) in [5.74, 6) is 0.542. The minimum absolute atomic E-state index is 0.332. The average molecular weight is 289 g/mol. The smallest absolute Gasteiger partial charge is 0.132 e. The van der Waals surface area contributed by atoms with Crippen LogP contribution in [-0.4, -0.2) is 18.6 Å². The highest BCUT2D eigenvalue weighted by Crippen LogP contribution is 2.34. The second-order valence-electron chi connectivity index (χ2n) is 4.83. The Bertz CT molecular complexity index is 631. The minimum atomic E-state index is -0.404. The highest BCUT2D eigenvalue weighted by Gasteiger charge is 2.23. The summed E-state index contributed by atoms with van der Waals surface area (Å²) in [4.78, 5) is 4.17. The first-order valence-electron chi connectivity index (χ1n) is 6.86. The monoisotopic (exact) mass is 289 g/mol. The predicted molar refractivity (Wildman–Crippen MR) is 81.9 cm³/mol. The molecule has 0 aliphatic carbocycles. The standard InChI is InChI=1S/C16H20FN3O/c1-4-19-15(11-8-10(2)9-20-16(11)18)14-12(17)6-5-7-13(14)21-3/h5-9,15,19H,4H2,1-3H3,(H2,18,20). The lowest BCUT2D eigenvalue weighted by Gasteiger charge is -2.23. The van der Waals surface area contributed by atoms with E-state index in [1.165, 1.54) is 13.2 Å². The van der Waals surface area contributed by atoms with Crippen LogP contribution < -0.4 is 15.8 Å². The van der Waals surface area contributed by atoms with Gasteiger partial charge in [-0.3, -0.25) is 0 Å². The number of nitrogens with two attached hydrogens (primary N) is 1. The first kappa shape index (κ1) is 15.3. The molecule has 0 amide bonds. The molecule has 2 rings (SSSR count). The topological polar surface area (TPSA) is 60.2 Å². The van der Waals surface area contributed by atoms with Crippen molar-refractivity contribution < 1.29 is 9.13 Å². The fourth-order valence-electron chi connectivity index (χ4n) is 2.38. The molecule has 0 aliphatic rings. The molecule has 0 saturated heterocycles. The van der Waals surface area contributed by atoms with E-state index in [1.807, 2.05) is 19.9 Å². The summed E-state index contributed by atoms with van der Waals surface area (Å²) >= 11 is 0. The van der Waals surface area contributed by atoms with Gasteiger partial charge in [0, 0.05) is 11.8 Å².